The van der Waals surface area contributed by atoms with E-state index in [0.29, 0.717) is 17.5 Å². The van der Waals surface area contributed by atoms with Crippen LogP contribution >= 0.6 is 11.6 Å². The summed E-state index contributed by atoms with van der Waals surface area (Å²) in [6.07, 6.45) is 1.47. The van der Waals surface area contributed by atoms with E-state index in [4.69, 9.17) is 11.6 Å². The number of aryl methyl sites for hydroxylation is 1. The van der Waals surface area contributed by atoms with Gasteiger partial charge in [0.25, 0.3) is 5.78 Å². The molecule has 6 heteroatoms. The molecule has 2 heterocycles. The van der Waals surface area contributed by atoms with Crippen LogP contribution in [0.4, 0.5) is 5.82 Å². The van der Waals surface area contributed by atoms with Gasteiger partial charge >= 0.3 is 0 Å². The Morgan fingerprint density at radius 3 is 2.70 bits per heavy atom. The Labute approximate surface area is 121 Å². The van der Waals surface area contributed by atoms with Gasteiger partial charge in [-0.05, 0) is 19.4 Å². The van der Waals surface area contributed by atoms with Crippen molar-refractivity contribution in [2.24, 2.45) is 0 Å². The van der Waals surface area contributed by atoms with Crippen LogP contribution in [0.3, 0.4) is 0 Å². The molecule has 0 bridgehead atoms. The molecule has 0 unspecified atom stereocenters. The van der Waals surface area contributed by atoms with Crippen molar-refractivity contribution in [3.63, 3.8) is 0 Å². The molecule has 0 atom stereocenters. The van der Waals surface area contributed by atoms with Crippen LogP contribution < -0.4 is 5.32 Å². The van der Waals surface area contributed by atoms with Crippen molar-refractivity contribution in [3.05, 3.63) is 52.4 Å². The number of aromatic nitrogens is 4. The molecular formula is C14H14ClN5. The van der Waals surface area contributed by atoms with E-state index in [1.807, 2.05) is 6.92 Å². The van der Waals surface area contributed by atoms with Crippen molar-refractivity contribution in [1.29, 1.82) is 0 Å². The van der Waals surface area contributed by atoms with Gasteiger partial charge in [-0.3, -0.25) is 0 Å². The lowest BCUT2D eigenvalue weighted by molar-refractivity contribution is 0.914. The lowest BCUT2D eigenvalue weighted by atomic mass is 10.1. The Balaban J connectivity index is 1.92. The zero-order valence-electron chi connectivity index (χ0n) is 11.3. The standard InChI is InChI=1S/C14H14ClN5/c1-9-3-5-11(6-4-9)7-16-13-10(2)12(15)19-14-17-8-18-20(13)14/h3-6,8,16H,7H2,1-2H3. The summed E-state index contributed by atoms with van der Waals surface area (Å²) < 4.78 is 1.66. The van der Waals surface area contributed by atoms with E-state index in [9.17, 15) is 0 Å². The van der Waals surface area contributed by atoms with Crippen LogP contribution in [-0.4, -0.2) is 19.6 Å². The number of nitrogens with zero attached hydrogens (tertiary/aromatic N) is 4. The molecule has 3 rings (SSSR count). The summed E-state index contributed by atoms with van der Waals surface area (Å²) in [5, 5.41) is 7.97. The minimum Gasteiger partial charge on any atom is -0.366 e. The molecule has 0 saturated heterocycles. The normalized spacial score (nSPS) is 10.9. The summed E-state index contributed by atoms with van der Waals surface area (Å²) in [7, 11) is 0. The van der Waals surface area contributed by atoms with Crippen LogP contribution in [0.25, 0.3) is 5.78 Å². The smallest absolute Gasteiger partial charge is 0.255 e. The predicted octanol–water partition coefficient (Wildman–Crippen LogP) is 3.01. The molecule has 0 aliphatic carbocycles. The number of fused-ring (bicyclic) bond motifs is 1. The fourth-order valence-electron chi connectivity index (χ4n) is 2.00. The first-order valence-corrected chi connectivity index (χ1v) is 6.68. The van der Waals surface area contributed by atoms with Gasteiger partial charge in [0, 0.05) is 12.1 Å². The van der Waals surface area contributed by atoms with Gasteiger partial charge in [0.05, 0.1) is 0 Å². The van der Waals surface area contributed by atoms with Gasteiger partial charge in [-0.2, -0.15) is 19.6 Å². The highest BCUT2D eigenvalue weighted by Gasteiger charge is 2.11. The van der Waals surface area contributed by atoms with Gasteiger partial charge in [-0.25, -0.2) is 0 Å². The first-order valence-electron chi connectivity index (χ1n) is 6.30. The molecule has 5 nitrogen and oxygen atoms in total. The van der Waals surface area contributed by atoms with Gasteiger partial charge in [0.2, 0.25) is 0 Å². The number of hydrogen-bond acceptors (Lipinski definition) is 4. The third-order valence-electron chi connectivity index (χ3n) is 3.18. The van der Waals surface area contributed by atoms with Crippen LogP contribution in [0.1, 0.15) is 16.7 Å². The molecule has 0 spiro atoms. The summed E-state index contributed by atoms with van der Waals surface area (Å²) in [5.74, 6) is 1.31. The van der Waals surface area contributed by atoms with E-state index in [2.05, 4.69) is 51.6 Å². The average Bonchev–Trinajstić information content (AvgIpc) is 2.89. The molecule has 1 aromatic carbocycles. The van der Waals surface area contributed by atoms with E-state index >= 15 is 0 Å². The van der Waals surface area contributed by atoms with E-state index in [1.54, 1.807) is 4.52 Å². The molecule has 3 aromatic rings. The second kappa shape index (κ2) is 5.09. The van der Waals surface area contributed by atoms with Crippen LogP contribution in [0.15, 0.2) is 30.6 Å². The summed E-state index contributed by atoms with van der Waals surface area (Å²) in [5.41, 5.74) is 3.29. The molecule has 0 radical (unpaired) electrons. The SMILES string of the molecule is Cc1ccc(CNc2c(C)c(Cl)nc3ncnn23)cc1. The first kappa shape index (κ1) is 12.9. The summed E-state index contributed by atoms with van der Waals surface area (Å²) in [6, 6.07) is 8.38. The summed E-state index contributed by atoms with van der Waals surface area (Å²) in [6.45, 7) is 4.67. The molecular weight excluding hydrogens is 274 g/mol. The Kier molecular flexibility index (Phi) is 3.28. The quantitative estimate of drug-likeness (QED) is 0.753. The highest BCUT2D eigenvalue weighted by molar-refractivity contribution is 6.30. The van der Waals surface area contributed by atoms with Crippen molar-refractivity contribution in [3.8, 4) is 0 Å². The zero-order chi connectivity index (χ0) is 14.1. The lowest BCUT2D eigenvalue weighted by Crippen LogP contribution is -2.08. The monoisotopic (exact) mass is 287 g/mol. The maximum absolute atomic E-state index is 6.12. The number of halogens is 1. The molecule has 20 heavy (non-hydrogen) atoms. The molecule has 102 valence electrons. The van der Waals surface area contributed by atoms with Crippen LogP contribution in [-0.2, 0) is 6.54 Å². The molecule has 0 aliphatic heterocycles. The Morgan fingerprint density at radius 1 is 1.20 bits per heavy atom. The van der Waals surface area contributed by atoms with Gasteiger partial charge in [0.15, 0.2) is 0 Å². The number of hydrogen-bond donors (Lipinski definition) is 1. The van der Waals surface area contributed by atoms with E-state index in [-0.39, 0.29) is 0 Å². The van der Waals surface area contributed by atoms with E-state index < -0.39 is 0 Å². The van der Waals surface area contributed by atoms with Gasteiger partial charge in [-0.1, -0.05) is 41.4 Å². The second-order valence-corrected chi connectivity index (χ2v) is 5.05. The van der Waals surface area contributed by atoms with Gasteiger partial charge < -0.3 is 5.32 Å². The molecule has 0 saturated carbocycles. The molecule has 1 N–H and O–H groups in total. The predicted molar refractivity (Wildman–Crippen MR) is 79.0 cm³/mol. The largest absolute Gasteiger partial charge is 0.366 e. The van der Waals surface area contributed by atoms with Gasteiger partial charge in [-0.15, -0.1) is 0 Å². The maximum Gasteiger partial charge on any atom is 0.255 e. The molecule has 0 amide bonds. The number of rotatable bonds is 3. The fourth-order valence-corrected chi connectivity index (χ4v) is 2.16. The van der Waals surface area contributed by atoms with Crippen LogP contribution in [0.5, 0.6) is 0 Å². The lowest BCUT2D eigenvalue weighted by Gasteiger charge is -2.11. The molecule has 0 aliphatic rings. The Morgan fingerprint density at radius 2 is 1.95 bits per heavy atom. The van der Waals surface area contributed by atoms with Crippen molar-refractivity contribution >= 4 is 23.2 Å². The number of benzene rings is 1. The minimum absolute atomic E-state index is 0.442. The van der Waals surface area contributed by atoms with Gasteiger partial charge in [0.1, 0.15) is 17.3 Å². The fraction of sp³-hybridized carbons (Fsp3) is 0.214. The van der Waals surface area contributed by atoms with Crippen molar-refractivity contribution < 1.29 is 0 Å². The molecule has 2 aromatic heterocycles. The van der Waals surface area contributed by atoms with Crippen LogP contribution in [0, 0.1) is 13.8 Å². The topological polar surface area (TPSA) is 55.1 Å². The third-order valence-corrected chi connectivity index (χ3v) is 3.55. The van der Waals surface area contributed by atoms with Crippen molar-refractivity contribution in [2.45, 2.75) is 20.4 Å². The number of nitrogens with one attached hydrogen (secondary N) is 1. The highest BCUT2D eigenvalue weighted by atomic mass is 35.5. The van der Waals surface area contributed by atoms with Crippen molar-refractivity contribution in [1.82, 2.24) is 19.6 Å². The van der Waals surface area contributed by atoms with E-state index in [1.165, 1.54) is 17.5 Å². The highest BCUT2D eigenvalue weighted by Crippen LogP contribution is 2.22. The first-order chi connectivity index (χ1) is 9.65. The summed E-state index contributed by atoms with van der Waals surface area (Å²) in [4.78, 5) is 8.24. The van der Waals surface area contributed by atoms with E-state index in [0.717, 1.165) is 11.4 Å². The van der Waals surface area contributed by atoms with Crippen molar-refractivity contribution in [2.75, 3.05) is 5.32 Å². The third kappa shape index (κ3) is 2.32. The maximum atomic E-state index is 6.12. The number of anilines is 1. The minimum atomic E-state index is 0.442. The second-order valence-electron chi connectivity index (χ2n) is 4.69. The molecule has 0 fully saturated rings. The van der Waals surface area contributed by atoms with Crippen LogP contribution in [0.2, 0.25) is 5.15 Å². The average molecular weight is 288 g/mol. The zero-order valence-corrected chi connectivity index (χ0v) is 12.0. The Hall–Kier alpha value is -2.14. The Bertz CT molecular complexity index is 748. The summed E-state index contributed by atoms with van der Waals surface area (Å²) >= 11 is 6.12.